The highest BCUT2D eigenvalue weighted by atomic mass is 19.1. The van der Waals surface area contributed by atoms with Gasteiger partial charge in [0, 0.05) is 10.9 Å². The molecule has 0 N–H and O–H groups in total. The van der Waals surface area contributed by atoms with Crippen LogP contribution in [-0.4, -0.2) is 0 Å². The van der Waals surface area contributed by atoms with Gasteiger partial charge in [0.05, 0.1) is 11.6 Å². The van der Waals surface area contributed by atoms with E-state index in [-0.39, 0.29) is 11.6 Å². The van der Waals surface area contributed by atoms with Crippen molar-refractivity contribution in [3.05, 3.63) is 119 Å². The molecular weight excluding hydrogens is 400 g/mol. The van der Waals surface area contributed by atoms with Gasteiger partial charge in [0.15, 0.2) is 0 Å². The Morgan fingerprint density at radius 3 is 2.31 bits per heavy atom. The quantitative estimate of drug-likeness (QED) is 0.281. The van der Waals surface area contributed by atoms with Crippen LogP contribution in [0.1, 0.15) is 28.7 Å². The first kappa shape index (κ1) is 21.5. The van der Waals surface area contributed by atoms with Crippen molar-refractivity contribution in [2.45, 2.75) is 25.7 Å². The fourth-order valence-corrected chi connectivity index (χ4v) is 3.94. The number of aryl methyl sites for hydroxylation is 3. The Kier molecular flexibility index (Phi) is 6.42. The van der Waals surface area contributed by atoms with E-state index >= 15 is 4.39 Å². The van der Waals surface area contributed by atoms with E-state index in [0.29, 0.717) is 34.9 Å². The molecule has 0 amide bonds. The second-order valence-corrected chi connectivity index (χ2v) is 7.92. The highest BCUT2D eigenvalue weighted by molar-refractivity contribution is 5.88. The van der Waals surface area contributed by atoms with Crippen LogP contribution in [0, 0.1) is 23.0 Å². The first-order valence-corrected chi connectivity index (χ1v) is 10.7. The zero-order chi connectivity index (χ0) is 22.5. The number of benzene rings is 4. The Labute approximate surface area is 187 Å². The lowest BCUT2D eigenvalue weighted by molar-refractivity contribution is 0.620. The molecule has 3 heteroatoms. The molecule has 4 rings (SSSR count). The van der Waals surface area contributed by atoms with Crippen molar-refractivity contribution >= 4 is 10.8 Å². The zero-order valence-electron chi connectivity index (χ0n) is 17.7. The standard InChI is InChI=1S/C29H23F2N/c1-2-3-4-21-10-15-26(28(30)17-21)24-14-16-27-25(18-24)13-12-23(29(27)31)11-9-20-5-7-22(19-32)8-6-20/h2,5-8,10,12-18H,1,3-4,9,11H2. The lowest BCUT2D eigenvalue weighted by atomic mass is 9.96. The number of hydrogen-bond acceptors (Lipinski definition) is 1. The lowest BCUT2D eigenvalue weighted by Gasteiger charge is -2.10. The topological polar surface area (TPSA) is 23.8 Å². The van der Waals surface area contributed by atoms with E-state index in [4.69, 9.17) is 5.26 Å². The maximum absolute atomic E-state index is 15.2. The summed E-state index contributed by atoms with van der Waals surface area (Å²) in [5, 5.41) is 10.2. The average Bonchev–Trinajstić information content (AvgIpc) is 2.82. The molecule has 0 bridgehead atoms. The van der Waals surface area contributed by atoms with Crippen molar-refractivity contribution in [2.75, 3.05) is 0 Å². The normalized spacial score (nSPS) is 10.8. The van der Waals surface area contributed by atoms with Gasteiger partial charge in [0.25, 0.3) is 0 Å². The van der Waals surface area contributed by atoms with Crippen LogP contribution in [0.5, 0.6) is 0 Å². The first-order valence-electron chi connectivity index (χ1n) is 10.7. The molecule has 0 aliphatic heterocycles. The Morgan fingerprint density at radius 2 is 1.59 bits per heavy atom. The van der Waals surface area contributed by atoms with Crippen LogP contribution in [0.15, 0.2) is 85.5 Å². The number of hydrogen-bond donors (Lipinski definition) is 0. The molecule has 4 aromatic carbocycles. The van der Waals surface area contributed by atoms with Gasteiger partial charge in [-0.2, -0.15) is 5.26 Å². The molecule has 158 valence electrons. The molecule has 4 aromatic rings. The Bertz CT molecular complexity index is 1310. The minimum Gasteiger partial charge on any atom is -0.206 e. The molecule has 0 unspecified atom stereocenters. The van der Waals surface area contributed by atoms with Crippen LogP contribution in [-0.2, 0) is 19.3 Å². The molecular formula is C29H23F2N. The Balaban J connectivity index is 1.56. The third kappa shape index (κ3) is 4.60. The Morgan fingerprint density at radius 1 is 0.812 bits per heavy atom. The molecule has 0 fully saturated rings. The van der Waals surface area contributed by atoms with Crippen molar-refractivity contribution in [2.24, 2.45) is 0 Å². The summed E-state index contributed by atoms with van der Waals surface area (Å²) in [6.07, 6.45) is 4.64. The van der Waals surface area contributed by atoms with Crippen LogP contribution in [0.4, 0.5) is 8.78 Å². The molecule has 0 saturated carbocycles. The predicted octanol–water partition coefficient (Wildman–Crippen LogP) is 7.56. The SMILES string of the molecule is C=CCCc1ccc(-c2ccc3c(F)c(CCc4ccc(C#N)cc4)ccc3c2)c(F)c1. The van der Waals surface area contributed by atoms with E-state index in [0.717, 1.165) is 34.9 Å². The molecule has 0 heterocycles. The van der Waals surface area contributed by atoms with Crippen molar-refractivity contribution in [1.82, 2.24) is 0 Å². The van der Waals surface area contributed by atoms with Crippen LogP contribution < -0.4 is 0 Å². The fraction of sp³-hybridized carbons (Fsp3) is 0.138. The third-order valence-corrected chi connectivity index (χ3v) is 5.78. The summed E-state index contributed by atoms with van der Waals surface area (Å²) in [4.78, 5) is 0. The van der Waals surface area contributed by atoms with Gasteiger partial charge in [0.2, 0.25) is 0 Å². The smallest absolute Gasteiger partial charge is 0.134 e. The van der Waals surface area contributed by atoms with Crippen molar-refractivity contribution in [3.8, 4) is 17.2 Å². The van der Waals surface area contributed by atoms with E-state index < -0.39 is 0 Å². The third-order valence-electron chi connectivity index (χ3n) is 5.78. The number of nitrogens with zero attached hydrogens (tertiary/aromatic N) is 1. The molecule has 0 atom stereocenters. The van der Waals surface area contributed by atoms with E-state index in [1.807, 2.05) is 36.4 Å². The second-order valence-electron chi connectivity index (χ2n) is 7.92. The van der Waals surface area contributed by atoms with Gasteiger partial charge in [-0.25, -0.2) is 8.78 Å². The van der Waals surface area contributed by atoms with Gasteiger partial charge in [-0.1, -0.05) is 54.6 Å². The number of halogens is 2. The number of fused-ring (bicyclic) bond motifs is 1. The first-order chi connectivity index (χ1) is 15.6. The summed E-state index contributed by atoms with van der Waals surface area (Å²) >= 11 is 0. The highest BCUT2D eigenvalue weighted by Gasteiger charge is 2.11. The van der Waals surface area contributed by atoms with Gasteiger partial charge in [-0.3, -0.25) is 0 Å². The number of rotatable bonds is 7. The molecule has 0 radical (unpaired) electrons. The van der Waals surface area contributed by atoms with E-state index in [1.165, 1.54) is 0 Å². The van der Waals surface area contributed by atoms with Crippen molar-refractivity contribution in [3.63, 3.8) is 0 Å². The highest BCUT2D eigenvalue weighted by Crippen LogP contribution is 2.30. The fourth-order valence-electron chi connectivity index (χ4n) is 3.94. The van der Waals surface area contributed by atoms with Crippen LogP contribution in [0.25, 0.3) is 21.9 Å². The monoisotopic (exact) mass is 423 g/mol. The number of allylic oxidation sites excluding steroid dienone is 1. The number of nitriles is 1. The summed E-state index contributed by atoms with van der Waals surface area (Å²) in [6.45, 7) is 3.70. The second kappa shape index (κ2) is 9.58. The minimum absolute atomic E-state index is 0.233. The van der Waals surface area contributed by atoms with Gasteiger partial charge in [-0.15, -0.1) is 6.58 Å². The Hall–Kier alpha value is -3.77. The van der Waals surface area contributed by atoms with Gasteiger partial charge < -0.3 is 0 Å². The largest absolute Gasteiger partial charge is 0.206 e. The van der Waals surface area contributed by atoms with Crippen molar-refractivity contribution < 1.29 is 8.78 Å². The molecule has 0 saturated heterocycles. The summed E-state index contributed by atoms with van der Waals surface area (Å²) in [6, 6.07) is 23.8. The molecule has 0 spiro atoms. The van der Waals surface area contributed by atoms with E-state index in [1.54, 1.807) is 42.5 Å². The predicted molar refractivity (Wildman–Crippen MR) is 126 cm³/mol. The van der Waals surface area contributed by atoms with E-state index in [9.17, 15) is 4.39 Å². The molecule has 0 aliphatic carbocycles. The maximum atomic E-state index is 15.2. The van der Waals surface area contributed by atoms with Crippen LogP contribution in [0.3, 0.4) is 0 Å². The van der Waals surface area contributed by atoms with Crippen LogP contribution in [0.2, 0.25) is 0 Å². The van der Waals surface area contributed by atoms with Crippen molar-refractivity contribution in [1.29, 1.82) is 5.26 Å². The molecule has 32 heavy (non-hydrogen) atoms. The summed E-state index contributed by atoms with van der Waals surface area (Å²) in [5.41, 5.74) is 4.50. The summed E-state index contributed by atoms with van der Waals surface area (Å²) < 4.78 is 29.8. The zero-order valence-corrected chi connectivity index (χ0v) is 17.7. The summed E-state index contributed by atoms with van der Waals surface area (Å²) in [5.74, 6) is -0.506. The average molecular weight is 424 g/mol. The van der Waals surface area contributed by atoms with Gasteiger partial charge in [-0.05, 0) is 77.6 Å². The minimum atomic E-state index is -0.273. The van der Waals surface area contributed by atoms with Gasteiger partial charge in [0.1, 0.15) is 11.6 Å². The van der Waals surface area contributed by atoms with Gasteiger partial charge >= 0.3 is 0 Å². The maximum Gasteiger partial charge on any atom is 0.134 e. The van der Waals surface area contributed by atoms with Crippen LogP contribution >= 0.6 is 0 Å². The van der Waals surface area contributed by atoms with E-state index in [2.05, 4.69) is 12.6 Å². The molecule has 1 nitrogen and oxygen atoms in total. The lowest BCUT2D eigenvalue weighted by Crippen LogP contribution is -1.96. The summed E-state index contributed by atoms with van der Waals surface area (Å²) in [7, 11) is 0. The molecule has 0 aromatic heterocycles. The molecule has 0 aliphatic rings.